The van der Waals surface area contributed by atoms with Crippen LogP contribution in [0.3, 0.4) is 0 Å². The van der Waals surface area contributed by atoms with E-state index in [9.17, 15) is 14.0 Å². The summed E-state index contributed by atoms with van der Waals surface area (Å²) in [6, 6.07) is 2.62. The van der Waals surface area contributed by atoms with Crippen LogP contribution in [0.5, 0.6) is 0 Å². The van der Waals surface area contributed by atoms with E-state index in [4.69, 9.17) is 5.73 Å². The standard InChI is InChI=1S/C14H20FN3O2/c1-4-8(2)12(18-14(16)20)13(19)17-11-7-10(15)6-5-9(11)3/h5-8,12H,4H2,1-3H3,(H,17,19)(H3,16,18,20)/t8-,12-/m1/s1. The lowest BCUT2D eigenvalue weighted by Gasteiger charge is -2.23. The van der Waals surface area contributed by atoms with Gasteiger partial charge in [0.25, 0.3) is 0 Å². The molecule has 2 atom stereocenters. The van der Waals surface area contributed by atoms with Crippen LogP contribution in [0.2, 0.25) is 0 Å². The van der Waals surface area contributed by atoms with E-state index >= 15 is 0 Å². The quantitative estimate of drug-likeness (QED) is 0.772. The van der Waals surface area contributed by atoms with E-state index in [0.29, 0.717) is 12.1 Å². The second kappa shape index (κ2) is 6.88. The van der Waals surface area contributed by atoms with Gasteiger partial charge < -0.3 is 16.4 Å². The maximum atomic E-state index is 13.2. The number of halogens is 1. The number of nitrogens with two attached hydrogens (primary N) is 1. The van der Waals surface area contributed by atoms with Gasteiger partial charge in [0.2, 0.25) is 5.91 Å². The Balaban J connectivity index is 2.90. The SMILES string of the molecule is CC[C@@H](C)[C@@H](NC(N)=O)C(=O)Nc1cc(F)ccc1C. The fourth-order valence-corrected chi connectivity index (χ4v) is 1.79. The average Bonchev–Trinajstić information content (AvgIpc) is 2.39. The highest BCUT2D eigenvalue weighted by Gasteiger charge is 2.25. The number of amides is 3. The summed E-state index contributed by atoms with van der Waals surface area (Å²) in [6.07, 6.45) is 0.695. The van der Waals surface area contributed by atoms with Crippen LogP contribution in [0.25, 0.3) is 0 Å². The molecule has 20 heavy (non-hydrogen) atoms. The third-order valence-corrected chi connectivity index (χ3v) is 3.25. The van der Waals surface area contributed by atoms with Gasteiger partial charge in [-0.3, -0.25) is 4.79 Å². The van der Waals surface area contributed by atoms with Crippen molar-refractivity contribution >= 4 is 17.6 Å². The summed E-state index contributed by atoms with van der Waals surface area (Å²) in [5.74, 6) is -0.933. The second-order valence-corrected chi connectivity index (χ2v) is 4.82. The maximum Gasteiger partial charge on any atom is 0.312 e. The molecule has 0 fully saturated rings. The van der Waals surface area contributed by atoms with E-state index in [0.717, 1.165) is 5.56 Å². The first-order valence-corrected chi connectivity index (χ1v) is 6.48. The summed E-state index contributed by atoms with van der Waals surface area (Å²) in [5.41, 5.74) is 6.20. The molecular formula is C14H20FN3O2. The second-order valence-electron chi connectivity index (χ2n) is 4.82. The Morgan fingerprint density at radius 2 is 2.05 bits per heavy atom. The number of rotatable bonds is 5. The molecule has 0 radical (unpaired) electrons. The lowest BCUT2D eigenvalue weighted by atomic mass is 9.98. The number of aryl methyl sites for hydroxylation is 1. The molecule has 110 valence electrons. The van der Waals surface area contributed by atoms with E-state index in [-0.39, 0.29) is 5.92 Å². The minimum absolute atomic E-state index is 0.0867. The molecule has 1 aromatic rings. The Hall–Kier alpha value is -2.11. The maximum absolute atomic E-state index is 13.2. The van der Waals surface area contributed by atoms with Crippen LogP contribution < -0.4 is 16.4 Å². The van der Waals surface area contributed by atoms with Crippen LogP contribution in [-0.2, 0) is 4.79 Å². The van der Waals surface area contributed by atoms with Crippen LogP contribution in [0, 0.1) is 18.7 Å². The zero-order chi connectivity index (χ0) is 15.3. The van der Waals surface area contributed by atoms with Gasteiger partial charge in [-0.1, -0.05) is 26.3 Å². The minimum Gasteiger partial charge on any atom is -0.352 e. The summed E-state index contributed by atoms with van der Waals surface area (Å²) < 4.78 is 13.2. The first-order chi connectivity index (χ1) is 9.35. The molecule has 0 aliphatic heterocycles. The van der Waals surface area contributed by atoms with E-state index in [2.05, 4.69) is 10.6 Å². The fourth-order valence-electron chi connectivity index (χ4n) is 1.79. The highest BCUT2D eigenvalue weighted by molar-refractivity contribution is 5.97. The van der Waals surface area contributed by atoms with E-state index in [1.807, 2.05) is 13.8 Å². The Morgan fingerprint density at radius 1 is 1.40 bits per heavy atom. The number of urea groups is 1. The van der Waals surface area contributed by atoms with E-state index < -0.39 is 23.8 Å². The minimum atomic E-state index is -0.763. The predicted molar refractivity (Wildman–Crippen MR) is 75.7 cm³/mol. The van der Waals surface area contributed by atoms with Crippen molar-refractivity contribution in [3.8, 4) is 0 Å². The third-order valence-electron chi connectivity index (χ3n) is 3.25. The monoisotopic (exact) mass is 281 g/mol. The molecule has 0 saturated heterocycles. The van der Waals surface area contributed by atoms with Gasteiger partial charge in [0.1, 0.15) is 11.9 Å². The smallest absolute Gasteiger partial charge is 0.312 e. The molecule has 3 amide bonds. The highest BCUT2D eigenvalue weighted by Crippen LogP contribution is 2.17. The molecule has 6 heteroatoms. The summed E-state index contributed by atoms with van der Waals surface area (Å²) in [4.78, 5) is 23.2. The Bertz CT molecular complexity index is 505. The number of nitrogens with one attached hydrogen (secondary N) is 2. The Labute approximate surface area is 117 Å². The Kier molecular flexibility index (Phi) is 5.49. The first-order valence-electron chi connectivity index (χ1n) is 6.48. The first kappa shape index (κ1) is 15.9. The van der Waals surface area contributed by atoms with Crippen molar-refractivity contribution in [2.45, 2.75) is 33.2 Å². The molecule has 4 N–H and O–H groups in total. The number of anilines is 1. The summed E-state index contributed by atoms with van der Waals surface area (Å²) in [6.45, 7) is 5.49. The van der Waals surface area contributed by atoms with Crippen LogP contribution in [0.1, 0.15) is 25.8 Å². The third kappa shape index (κ3) is 4.22. The number of benzene rings is 1. The molecule has 0 heterocycles. The van der Waals surface area contributed by atoms with Gasteiger partial charge in [0, 0.05) is 5.69 Å². The van der Waals surface area contributed by atoms with Gasteiger partial charge in [0.15, 0.2) is 0 Å². The van der Waals surface area contributed by atoms with Crippen molar-refractivity contribution in [3.63, 3.8) is 0 Å². The molecule has 0 bridgehead atoms. The van der Waals surface area contributed by atoms with Crippen molar-refractivity contribution in [1.82, 2.24) is 5.32 Å². The molecule has 0 aromatic heterocycles. The molecular weight excluding hydrogens is 261 g/mol. The molecule has 0 unspecified atom stereocenters. The molecule has 0 spiro atoms. The summed E-state index contributed by atoms with van der Waals surface area (Å²) in [7, 11) is 0. The van der Waals surface area contributed by atoms with Crippen LogP contribution in [-0.4, -0.2) is 18.0 Å². The van der Waals surface area contributed by atoms with Crippen molar-refractivity contribution in [2.75, 3.05) is 5.32 Å². The Morgan fingerprint density at radius 3 is 2.60 bits per heavy atom. The van der Waals surface area contributed by atoms with E-state index in [1.54, 1.807) is 13.0 Å². The lowest BCUT2D eigenvalue weighted by molar-refractivity contribution is -0.119. The largest absolute Gasteiger partial charge is 0.352 e. The van der Waals surface area contributed by atoms with Crippen molar-refractivity contribution < 1.29 is 14.0 Å². The number of hydrogen-bond donors (Lipinski definition) is 3. The summed E-state index contributed by atoms with van der Waals surface area (Å²) >= 11 is 0. The molecule has 5 nitrogen and oxygen atoms in total. The van der Waals surface area contributed by atoms with Gasteiger partial charge in [0.05, 0.1) is 0 Å². The zero-order valence-electron chi connectivity index (χ0n) is 11.9. The van der Waals surface area contributed by atoms with Gasteiger partial charge in [-0.05, 0) is 30.5 Å². The number of carbonyl (C=O) groups excluding carboxylic acids is 2. The van der Waals surface area contributed by atoms with Crippen molar-refractivity contribution in [3.05, 3.63) is 29.6 Å². The van der Waals surface area contributed by atoms with Crippen molar-refractivity contribution in [1.29, 1.82) is 0 Å². The normalized spacial score (nSPS) is 13.4. The highest BCUT2D eigenvalue weighted by atomic mass is 19.1. The van der Waals surface area contributed by atoms with Crippen LogP contribution >= 0.6 is 0 Å². The molecule has 0 aliphatic rings. The zero-order valence-corrected chi connectivity index (χ0v) is 11.9. The summed E-state index contributed by atoms with van der Waals surface area (Å²) in [5, 5.41) is 5.04. The van der Waals surface area contributed by atoms with E-state index in [1.165, 1.54) is 12.1 Å². The van der Waals surface area contributed by atoms with Gasteiger partial charge >= 0.3 is 6.03 Å². The fraction of sp³-hybridized carbons (Fsp3) is 0.429. The van der Waals surface area contributed by atoms with Gasteiger partial charge in [-0.2, -0.15) is 0 Å². The number of primary amides is 1. The lowest BCUT2D eigenvalue weighted by Crippen LogP contribution is -2.49. The number of hydrogen-bond acceptors (Lipinski definition) is 2. The molecule has 0 aliphatic carbocycles. The molecule has 1 rings (SSSR count). The van der Waals surface area contributed by atoms with Gasteiger partial charge in [-0.15, -0.1) is 0 Å². The van der Waals surface area contributed by atoms with Crippen LogP contribution in [0.4, 0.5) is 14.9 Å². The van der Waals surface area contributed by atoms with Gasteiger partial charge in [-0.25, -0.2) is 9.18 Å². The topological polar surface area (TPSA) is 84.2 Å². The number of carbonyl (C=O) groups is 2. The average molecular weight is 281 g/mol. The van der Waals surface area contributed by atoms with Crippen LogP contribution in [0.15, 0.2) is 18.2 Å². The van der Waals surface area contributed by atoms with Crippen molar-refractivity contribution in [2.24, 2.45) is 11.7 Å². The molecule has 1 aromatic carbocycles. The predicted octanol–water partition coefficient (Wildman–Crippen LogP) is 2.16. The molecule has 0 saturated carbocycles.